The first-order chi connectivity index (χ1) is 8.42. The van der Waals surface area contributed by atoms with Gasteiger partial charge in [0.15, 0.2) is 0 Å². The van der Waals surface area contributed by atoms with Crippen molar-refractivity contribution in [1.82, 2.24) is 5.01 Å². The summed E-state index contributed by atoms with van der Waals surface area (Å²) >= 11 is 0. The van der Waals surface area contributed by atoms with Gasteiger partial charge < -0.3 is 4.74 Å². The maximum Gasteiger partial charge on any atom is 0.430 e. The number of rotatable bonds is 3. The largest absolute Gasteiger partial charge is 0.442 e. The molecule has 0 saturated carbocycles. The van der Waals surface area contributed by atoms with Crippen molar-refractivity contribution in [3.63, 3.8) is 0 Å². The van der Waals surface area contributed by atoms with Crippen molar-refractivity contribution < 1.29 is 9.53 Å². The molecule has 98 valence electrons. The Labute approximate surface area is 108 Å². The van der Waals surface area contributed by atoms with Crippen molar-refractivity contribution in [3.8, 4) is 0 Å². The van der Waals surface area contributed by atoms with Gasteiger partial charge in [0.2, 0.25) is 0 Å². The molecule has 1 amide bonds. The van der Waals surface area contributed by atoms with Gasteiger partial charge in [0.05, 0.1) is 6.21 Å². The molecule has 1 aromatic carbocycles. The van der Waals surface area contributed by atoms with Crippen LogP contribution in [-0.4, -0.2) is 29.5 Å². The smallest absolute Gasteiger partial charge is 0.430 e. The lowest BCUT2D eigenvalue weighted by atomic mass is 10.2. The monoisotopic (exact) mass is 248 g/mol. The molecule has 0 aliphatic heterocycles. The molecule has 0 aliphatic rings. The van der Waals surface area contributed by atoms with E-state index in [0.29, 0.717) is 6.54 Å². The summed E-state index contributed by atoms with van der Waals surface area (Å²) in [5, 5.41) is 5.43. The predicted octanol–water partition coefficient (Wildman–Crippen LogP) is 3.28. The van der Waals surface area contributed by atoms with Crippen LogP contribution in [0.1, 0.15) is 33.3 Å². The minimum atomic E-state index is -0.507. The molecule has 0 unspecified atom stereocenters. The summed E-state index contributed by atoms with van der Waals surface area (Å²) in [6, 6.07) is 9.62. The highest BCUT2D eigenvalue weighted by atomic mass is 16.6. The quantitative estimate of drug-likeness (QED) is 0.608. The third-order valence-electron chi connectivity index (χ3n) is 2.05. The molecule has 0 aromatic heterocycles. The Hall–Kier alpha value is -1.84. The van der Waals surface area contributed by atoms with E-state index in [9.17, 15) is 4.79 Å². The first kappa shape index (κ1) is 14.2. The molecule has 4 heteroatoms. The van der Waals surface area contributed by atoms with Crippen molar-refractivity contribution in [2.75, 3.05) is 6.54 Å². The molecule has 4 nitrogen and oxygen atoms in total. The number of carbonyl (C=O) groups is 1. The van der Waals surface area contributed by atoms with Gasteiger partial charge in [-0.25, -0.2) is 4.79 Å². The Kier molecular flexibility index (Phi) is 4.89. The molecule has 0 bridgehead atoms. The lowest BCUT2D eigenvalue weighted by Gasteiger charge is -2.23. The Balaban J connectivity index is 2.68. The van der Waals surface area contributed by atoms with Crippen LogP contribution in [-0.2, 0) is 4.74 Å². The average molecular weight is 248 g/mol. The van der Waals surface area contributed by atoms with Crippen molar-refractivity contribution in [3.05, 3.63) is 35.9 Å². The topological polar surface area (TPSA) is 41.9 Å². The standard InChI is InChI=1S/C14H20N2O2/c1-5-16(13(17)18-14(2,3)4)15-11-12-9-7-6-8-10-12/h6-11H,5H2,1-4H3/b15-11+. The van der Waals surface area contributed by atoms with E-state index in [2.05, 4.69) is 5.10 Å². The van der Waals surface area contributed by atoms with E-state index in [1.807, 2.05) is 58.0 Å². The second kappa shape index (κ2) is 6.19. The van der Waals surface area contributed by atoms with Gasteiger partial charge in [0.1, 0.15) is 5.60 Å². The molecule has 18 heavy (non-hydrogen) atoms. The third kappa shape index (κ3) is 4.99. The predicted molar refractivity (Wildman–Crippen MR) is 72.7 cm³/mol. The van der Waals surface area contributed by atoms with Crippen molar-refractivity contribution in [2.24, 2.45) is 5.10 Å². The number of ether oxygens (including phenoxy) is 1. The van der Waals surface area contributed by atoms with Crippen LogP contribution in [0.15, 0.2) is 35.4 Å². The Morgan fingerprint density at radius 2 is 1.94 bits per heavy atom. The van der Waals surface area contributed by atoms with E-state index < -0.39 is 11.7 Å². The molecular weight excluding hydrogens is 228 g/mol. The fraction of sp³-hybridized carbons (Fsp3) is 0.429. The Bertz CT molecular complexity index is 408. The van der Waals surface area contributed by atoms with E-state index in [4.69, 9.17) is 4.74 Å². The van der Waals surface area contributed by atoms with Crippen LogP contribution in [0.3, 0.4) is 0 Å². The van der Waals surface area contributed by atoms with Gasteiger partial charge in [-0.3, -0.25) is 0 Å². The Morgan fingerprint density at radius 3 is 2.44 bits per heavy atom. The second-order valence-corrected chi connectivity index (χ2v) is 4.85. The van der Waals surface area contributed by atoms with E-state index in [1.165, 1.54) is 5.01 Å². The molecule has 0 atom stereocenters. The average Bonchev–Trinajstić information content (AvgIpc) is 2.29. The minimum absolute atomic E-state index is 0.433. The summed E-state index contributed by atoms with van der Waals surface area (Å²) in [6.07, 6.45) is 1.21. The van der Waals surface area contributed by atoms with Gasteiger partial charge in [0.25, 0.3) is 0 Å². The molecule has 0 N–H and O–H groups in total. The van der Waals surface area contributed by atoms with Crippen LogP contribution in [0.25, 0.3) is 0 Å². The van der Waals surface area contributed by atoms with Gasteiger partial charge in [-0.2, -0.15) is 10.1 Å². The van der Waals surface area contributed by atoms with Crippen LogP contribution in [0.2, 0.25) is 0 Å². The maximum atomic E-state index is 11.8. The number of hydrogen-bond donors (Lipinski definition) is 0. The zero-order chi connectivity index (χ0) is 13.6. The van der Waals surface area contributed by atoms with Gasteiger partial charge in [-0.05, 0) is 33.3 Å². The molecule has 0 radical (unpaired) electrons. The Morgan fingerprint density at radius 1 is 1.33 bits per heavy atom. The van der Waals surface area contributed by atoms with E-state index in [0.717, 1.165) is 5.56 Å². The number of hydrogen-bond acceptors (Lipinski definition) is 3. The SMILES string of the molecule is CCN(/N=C/c1ccccc1)C(=O)OC(C)(C)C. The summed E-state index contributed by atoms with van der Waals surface area (Å²) in [5.74, 6) is 0. The van der Waals surface area contributed by atoms with Crippen LogP contribution < -0.4 is 0 Å². The third-order valence-corrected chi connectivity index (χ3v) is 2.05. The van der Waals surface area contributed by atoms with Gasteiger partial charge in [-0.15, -0.1) is 0 Å². The molecule has 0 saturated heterocycles. The fourth-order valence-electron chi connectivity index (χ4n) is 1.25. The number of hydrazone groups is 1. The van der Waals surface area contributed by atoms with Crippen molar-refractivity contribution in [2.45, 2.75) is 33.3 Å². The highest BCUT2D eigenvalue weighted by Crippen LogP contribution is 2.10. The molecule has 0 aliphatic carbocycles. The maximum absolute atomic E-state index is 11.8. The van der Waals surface area contributed by atoms with E-state index in [1.54, 1.807) is 6.21 Å². The normalized spacial score (nSPS) is 11.6. The van der Waals surface area contributed by atoms with Crippen molar-refractivity contribution in [1.29, 1.82) is 0 Å². The lowest BCUT2D eigenvalue weighted by Crippen LogP contribution is -2.33. The molecule has 0 fully saturated rings. The molecule has 1 aromatic rings. The fourth-order valence-corrected chi connectivity index (χ4v) is 1.25. The summed E-state index contributed by atoms with van der Waals surface area (Å²) in [5.41, 5.74) is 0.437. The molecular formula is C14H20N2O2. The van der Waals surface area contributed by atoms with Gasteiger partial charge in [0, 0.05) is 6.54 Å². The zero-order valence-electron chi connectivity index (χ0n) is 11.4. The summed E-state index contributed by atoms with van der Waals surface area (Å²) < 4.78 is 5.25. The van der Waals surface area contributed by atoms with Crippen LogP contribution >= 0.6 is 0 Å². The number of nitrogens with zero attached hydrogens (tertiary/aromatic N) is 2. The van der Waals surface area contributed by atoms with Gasteiger partial charge >= 0.3 is 6.09 Å². The first-order valence-electron chi connectivity index (χ1n) is 6.02. The zero-order valence-corrected chi connectivity index (χ0v) is 11.4. The number of benzene rings is 1. The molecule has 1 rings (SSSR count). The number of carbonyl (C=O) groups excluding carboxylic acids is 1. The second-order valence-electron chi connectivity index (χ2n) is 4.85. The summed E-state index contributed by atoms with van der Waals surface area (Å²) in [6.45, 7) is 7.82. The summed E-state index contributed by atoms with van der Waals surface area (Å²) in [7, 11) is 0. The van der Waals surface area contributed by atoms with Crippen LogP contribution in [0.4, 0.5) is 4.79 Å². The van der Waals surface area contributed by atoms with E-state index >= 15 is 0 Å². The van der Waals surface area contributed by atoms with Crippen molar-refractivity contribution >= 4 is 12.3 Å². The first-order valence-corrected chi connectivity index (χ1v) is 6.02. The lowest BCUT2D eigenvalue weighted by molar-refractivity contribution is 0.0266. The van der Waals surface area contributed by atoms with E-state index in [-0.39, 0.29) is 0 Å². The minimum Gasteiger partial charge on any atom is -0.442 e. The number of amides is 1. The highest BCUT2D eigenvalue weighted by Gasteiger charge is 2.20. The van der Waals surface area contributed by atoms with Gasteiger partial charge in [-0.1, -0.05) is 30.3 Å². The highest BCUT2D eigenvalue weighted by molar-refractivity contribution is 5.80. The van der Waals surface area contributed by atoms with Crippen LogP contribution in [0.5, 0.6) is 0 Å². The molecule has 0 heterocycles. The van der Waals surface area contributed by atoms with Crippen LogP contribution in [0, 0.1) is 0 Å². The molecule has 0 spiro atoms. The summed E-state index contributed by atoms with van der Waals surface area (Å²) in [4.78, 5) is 11.8.